The van der Waals surface area contributed by atoms with Crippen molar-refractivity contribution in [2.24, 2.45) is 0 Å². The number of thiophene rings is 1. The van der Waals surface area contributed by atoms with E-state index in [1.807, 2.05) is 16.1 Å². The number of methoxy groups -OCH3 is 1. The first-order valence-corrected chi connectivity index (χ1v) is 6.62. The van der Waals surface area contributed by atoms with Crippen LogP contribution >= 0.6 is 11.3 Å². The lowest BCUT2D eigenvalue weighted by molar-refractivity contribution is 0.187. The van der Waals surface area contributed by atoms with Crippen LogP contribution in [0.25, 0.3) is 21.9 Å². The summed E-state index contributed by atoms with van der Waals surface area (Å²) in [5, 5.41) is 12.4. The molecular weight excluding hydrogens is 264 g/mol. The summed E-state index contributed by atoms with van der Waals surface area (Å²) in [4.78, 5) is 13.5. The molecule has 0 aliphatic carbocycles. The number of hydrogen-bond acceptors (Lipinski definition) is 6. The third kappa shape index (κ3) is 2.18. The van der Waals surface area contributed by atoms with E-state index in [0.29, 0.717) is 30.2 Å². The Morgan fingerprint density at radius 2 is 2.32 bits per heavy atom. The van der Waals surface area contributed by atoms with Crippen molar-refractivity contribution in [2.75, 3.05) is 13.7 Å². The Hall–Kier alpha value is -1.99. The van der Waals surface area contributed by atoms with Crippen LogP contribution in [0.5, 0.6) is 5.88 Å². The van der Waals surface area contributed by atoms with E-state index in [9.17, 15) is 5.11 Å². The zero-order chi connectivity index (χ0) is 13.2. The summed E-state index contributed by atoms with van der Waals surface area (Å²) >= 11 is 1.46. The van der Waals surface area contributed by atoms with Crippen LogP contribution in [-0.4, -0.2) is 38.3 Å². The van der Waals surface area contributed by atoms with Gasteiger partial charge in [-0.1, -0.05) is 0 Å². The molecule has 0 fully saturated rings. The molecule has 98 valence electrons. The predicted octanol–water partition coefficient (Wildman–Crippen LogP) is 1.91. The monoisotopic (exact) mass is 276 g/mol. The molecule has 6 nitrogen and oxygen atoms in total. The number of imidazole rings is 1. The Bertz CT molecular complexity index is 707. The fourth-order valence-electron chi connectivity index (χ4n) is 1.83. The zero-order valence-corrected chi connectivity index (χ0v) is 11.1. The quantitative estimate of drug-likeness (QED) is 0.788. The van der Waals surface area contributed by atoms with Crippen LogP contribution in [0.15, 0.2) is 23.8 Å². The van der Waals surface area contributed by atoms with Crippen LogP contribution in [-0.2, 0) is 11.3 Å². The van der Waals surface area contributed by atoms with E-state index in [2.05, 4.69) is 15.0 Å². The first kappa shape index (κ1) is 12.1. The van der Waals surface area contributed by atoms with E-state index in [-0.39, 0.29) is 5.88 Å². The Kier molecular flexibility index (Phi) is 3.14. The Labute approximate surface area is 113 Å². The van der Waals surface area contributed by atoms with Gasteiger partial charge in [-0.3, -0.25) is 0 Å². The molecule has 0 aliphatic heterocycles. The van der Waals surface area contributed by atoms with Gasteiger partial charge >= 0.3 is 0 Å². The van der Waals surface area contributed by atoms with Crippen molar-refractivity contribution in [3.8, 4) is 17.5 Å². The second kappa shape index (κ2) is 4.94. The van der Waals surface area contributed by atoms with Crippen LogP contribution in [0.2, 0.25) is 0 Å². The van der Waals surface area contributed by atoms with Crippen molar-refractivity contribution in [2.45, 2.75) is 6.54 Å². The molecule has 0 unspecified atom stereocenters. The molecule has 3 rings (SSSR count). The second-order valence-electron chi connectivity index (χ2n) is 3.95. The molecule has 0 saturated carbocycles. The van der Waals surface area contributed by atoms with Gasteiger partial charge in [0.25, 0.3) is 0 Å². The highest BCUT2D eigenvalue weighted by Gasteiger charge is 2.13. The van der Waals surface area contributed by atoms with Crippen LogP contribution in [0.1, 0.15) is 0 Å². The largest absolute Gasteiger partial charge is 0.493 e. The molecule has 3 aromatic heterocycles. The van der Waals surface area contributed by atoms with Gasteiger partial charge in [-0.15, -0.1) is 11.3 Å². The highest BCUT2D eigenvalue weighted by molar-refractivity contribution is 7.16. The maximum Gasteiger partial charge on any atom is 0.223 e. The second-order valence-corrected chi connectivity index (χ2v) is 4.84. The molecule has 0 radical (unpaired) electrons. The Morgan fingerprint density at radius 1 is 1.42 bits per heavy atom. The molecule has 7 heteroatoms. The smallest absolute Gasteiger partial charge is 0.223 e. The molecule has 3 aromatic rings. The van der Waals surface area contributed by atoms with Crippen molar-refractivity contribution in [1.29, 1.82) is 0 Å². The predicted molar refractivity (Wildman–Crippen MR) is 72.2 cm³/mol. The Balaban J connectivity index is 2.06. The first-order valence-electron chi connectivity index (χ1n) is 5.74. The topological polar surface area (TPSA) is 73.1 Å². The molecule has 0 aliphatic rings. The van der Waals surface area contributed by atoms with Crippen molar-refractivity contribution in [3.63, 3.8) is 0 Å². The van der Waals surface area contributed by atoms with E-state index in [4.69, 9.17) is 4.74 Å². The fourth-order valence-corrected chi connectivity index (χ4v) is 2.58. The summed E-state index contributed by atoms with van der Waals surface area (Å²) in [6.07, 6.45) is 3.53. The SMILES string of the molecule is COCCn1ccnc1-c1nc(O)c2ccsc2n1. The van der Waals surface area contributed by atoms with Gasteiger partial charge in [0.1, 0.15) is 4.83 Å². The molecule has 3 heterocycles. The highest BCUT2D eigenvalue weighted by Crippen LogP contribution is 2.28. The van der Waals surface area contributed by atoms with E-state index in [1.165, 1.54) is 11.3 Å². The lowest BCUT2D eigenvalue weighted by Gasteiger charge is -2.06. The summed E-state index contributed by atoms with van der Waals surface area (Å²) in [6.45, 7) is 1.25. The molecule has 0 amide bonds. The number of aromatic nitrogens is 4. The van der Waals surface area contributed by atoms with E-state index < -0.39 is 0 Å². The van der Waals surface area contributed by atoms with Gasteiger partial charge in [0.2, 0.25) is 11.7 Å². The molecule has 0 aromatic carbocycles. The van der Waals surface area contributed by atoms with Crippen molar-refractivity contribution < 1.29 is 9.84 Å². The molecular formula is C12H12N4O2S. The van der Waals surface area contributed by atoms with Crippen LogP contribution in [0.4, 0.5) is 0 Å². The molecule has 0 spiro atoms. The summed E-state index contributed by atoms with van der Waals surface area (Å²) in [5.74, 6) is 1.04. The minimum atomic E-state index is -0.0115. The van der Waals surface area contributed by atoms with Crippen molar-refractivity contribution in [1.82, 2.24) is 19.5 Å². The van der Waals surface area contributed by atoms with E-state index >= 15 is 0 Å². The summed E-state index contributed by atoms with van der Waals surface area (Å²) < 4.78 is 6.95. The highest BCUT2D eigenvalue weighted by atomic mass is 32.1. The number of nitrogens with zero attached hydrogens (tertiary/aromatic N) is 4. The van der Waals surface area contributed by atoms with Gasteiger partial charge in [-0.25, -0.2) is 9.97 Å². The van der Waals surface area contributed by atoms with E-state index in [1.54, 1.807) is 19.4 Å². The Morgan fingerprint density at radius 3 is 3.16 bits per heavy atom. The van der Waals surface area contributed by atoms with Gasteiger partial charge in [0.05, 0.1) is 12.0 Å². The summed E-state index contributed by atoms with van der Waals surface area (Å²) in [6, 6.07) is 1.80. The number of ether oxygens (including phenoxy) is 1. The van der Waals surface area contributed by atoms with Crippen LogP contribution in [0.3, 0.4) is 0 Å². The maximum atomic E-state index is 9.90. The number of fused-ring (bicyclic) bond motifs is 1. The minimum Gasteiger partial charge on any atom is -0.493 e. The van der Waals surface area contributed by atoms with Crippen molar-refractivity contribution in [3.05, 3.63) is 23.8 Å². The first-order chi connectivity index (χ1) is 9.29. The van der Waals surface area contributed by atoms with Crippen LogP contribution < -0.4 is 0 Å². The molecule has 1 N–H and O–H groups in total. The zero-order valence-electron chi connectivity index (χ0n) is 10.3. The normalized spacial score (nSPS) is 11.2. The number of rotatable bonds is 4. The van der Waals surface area contributed by atoms with Crippen LogP contribution in [0, 0.1) is 0 Å². The number of aromatic hydroxyl groups is 1. The fraction of sp³-hybridized carbons (Fsp3) is 0.250. The maximum absolute atomic E-state index is 9.90. The van der Waals surface area contributed by atoms with Gasteiger partial charge in [0.15, 0.2) is 5.82 Å². The summed E-state index contributed by atoms with van der Waals surface area (Å²) in [5.41, 5.74) is 0. The average Bonchev–Trinajstić information content (AvgIpc) is 3.04. The summed E-state index contributed by atoms with van der Waals surface area (Å²) in [7, 11) is 1.65. The average molecular weight is 276 g/mol. The number of hydrogen-bond donors (Lipinski definition) is 1. The molecule has 0 atom stereocenters. The van der Waals surface area contributed by atoms with Gasteiger partial charge in [-0.2, -0.15) is 4.98 Å². The minimum absolute atomic E-state index is 0.0115. The third-order valence-electron chi connectivity index (χ3n) is 2.76. The molecule has 19 heavy (non-hydrogen) atoms. The van der Waals surface area contributed by atoms with Gasteiger partial charge in [0, 0.05) is 26.0 Å². The molecule has 0 saturated heterocycles. The third-order valence-corrected chi connectivity index (χ3v) is 3.56. The lowest BCUT2D eigenvalue weighted by Crippen LogP contribution is -2.06. The van der Waals surface area contributed by atoms with Crippen molar-refractivity contribution >= 4 is 21.6 Å². The molecule has 0 bridgehead atoms. The lowest BCUT2D eigenvalue weighted by atomic mass is 10.4. The van der Waals surface area contributed by atoms with E-state index in [0.717, 1.165) is 4.83 Å². The standard InChI is InChI=1S/C12H12N4O2S/c1-18-6-5-16-4-3-13-10(16)9-14-11(17)8-2-7-19-12(8)15-9/h2-4,7H,5-6H2,1H3,(H,14,15,17). The van der Waals surface area contributed by atoms with Gasteiger partial charge < -0.3 is 14.4 Å². The van der Waals surface area contributed by atoms with Gasteiger partial charge in [-0.05, 0) is 11.4 Å².